The molecule has 0 radical (unpaired) electrons. The first kappa shape index (κ1) is 20.1. The molecule has 6 nitrogen and oxygen atoms in total. The van der Waals surface area contributed by atoms with Gasteiger partial charge in [-0.1, -0.05) is 28.1 Å². The second-order valence-electron chi connectivity index (χ2n) is 6.64. The summed E-state index contributed by atoms with van der Waals surface area (Å²) in [6.07, 6.45) is 0. The molecule has 0 spiro atoms. The Labute approximate surface area is 186 Å². The maximum absolute atomic E-state index is 12.3. The highest BCUT2D eigenvalue weighted by atomic mass is 79.9. The van der Waals surface area contributed by atoms with Gasteiger partial charge >= 0.3 is 0 Å². The van der Waals surface area contributed by atoms with Gasteiger partial charge in [0, 0.05) is 21.8 Å². The van der Waals surface area contributed by atoms with Crippen molar-refractivity contribution in [2.75, 3.05) is 5.32 Å². The largest absolute Gasteiger partial charge is 0.507 e. The highest BCUT2D eigenvalue weighted by molar-refractivity contribution is 9.10. The number of oxazole rings is 1. The summed E-state index contributed by atoms with van der Waals surface area (Å²) in [5, 5.41) is 16.1. The van der Waals surface area contributed by atoms with Crippen molar-refractivity contribution in [3.63, 3.8) is 0 Å². The maximum atomic E-state index is 12.3. The van der Waals surface area contributed by atoms with Gasteiger partial charge in [0.15, 0.2) is 10.7 Å². The summed E-state index contributed by atoms with van der Waals surface area (Å²) >= 11 is 8.53. The smallest absolute Gasteiger partial charge is 0.257 e. The molecule has 0 aliphatic carbocycles. The van der Waals surface area contributed by atoms with Crippen molar-refractivity contribution in [1.82, 2.24) is 10.3 Å². The average molecular weight is 482 g/mol. The van der Waals surface area contributed by atoms with Crippen LogP contribution in [0.15, 0.2) is 69.6 Å². The molecule has 8 heteroatoms. The van der Waals surface area contributed by atoms with Gasteiger partial charge in [0.25, 0.3) is 5.91 Å². The summed E-state index contributed by atoms with van der Waals surface area (Å²) in [5.41, 5.74) is 3.88. The standard InChI is InChI=1S/C22H16BrN3O3S/c1-12-5-8-17-19(9-12)29-21(25-17)16-7-6-15(11-18(16)27)24-22(30)26-20(28)13-3-2-4-14(23)10-13/h2-11,27H,1H3,(H2,24,26,28,30). The number of nitrogens with one attached hydrogen (secondary N) is 2. The van der Waals surface area contributed by atoms with Crippen molar-refractivity contribution in [3.8, 4) is 17.2 Å². The van der Waals surface area contributed by atoms with E-state index in [2.05, 4.69) is 31.5 Å². The lowest BCUT2D eigenvalue weighted by Gasteiger charge is -2.11. The Morgan fingerprint density at radius 1 is 1.13 bits per heavy atom. The lowest BCUT2D eigenvalue weighted by atomic mass is 10.2. The predicted octanol–water partition coefficient (Wildman–Crippen LogP) is 5.40. The van der Waals surface area contributed by atoms with Crippen LogP contribution in [-0.2, 0) is 0 Å². The number of benzene rings is 3. The molecular weight excluding hydrogens is 466 g/mol. The third-order valence-corrected chi connectivity index (χ3v) is 5.04. The number of nitrogens with zero attached hydrogens (tertiary/aromatic N) is 1. The minimum Gasteiger partial charge on any atom is -0.507 e. The number of phenolic OH excluding ortho intramolecular Hbond substituents is 1. The SMILES string of the molecule is Cc1ccc2nc(-c3ccc(NC(=S)NC(=O)c4cccc(Br)c4)cc3O)oc2c1. The Kier molecular flexibility index (Phi) is 5.52. The van der Waals surface area contributed by atoms with Crippen LogP contribution in [0.25, 0.3) is 22.6 Å². The van der Waals surface area contributed by atoms with E-state index in [4.69, 9.17) is 16.6 Å². The van der Waals surface area contributed by atoms with Gasteiger partial charge in [0.1, 0.15) is 11.3 Å². The third-order valence-electron chi connectivity index (χ3n) is 4.34. The van der Waals surface area contributed by atoms with Gasteiger partial charge in [-0.2, -0.15) is 0 Å². The Hall–Kier alpha value is -3.23. The van der Waals surface area contributed by atoms with Crippen LogP contribution in [0.5, 0.6) is 5.75 Å². The lowest BCUT2D eigenvalue weighted by Crippen LogP contribution is -2.34. The fourth-order valence-corrected chi connectivity index (χ4v) is 3.51. The summed E-state index contributed by atoms with van der Waals surface area (Å²) < 4.78 is 6.57. The molecule has 3 aromatic carbocycles. The van der Waals surface area contributed by atoms with E-state index in [1.807, 2.05) is 31.2 Å². The molecule has 0 fully saturated rings. The number of fused-ring (bicyclic) bond motifs is 1. The molecule has 0 aliphatic heterocycles. The first-order valence-electron chi connectivity index (χ1n) is 8.97. The number of aryl methyl sites for hydroxylation is 1. The van der Waals surface area contributed by atoms with Crippen molar-refractivity contribution < 1.29 is 14.3 Å². The second kappa shape index (κ2) is 8.25. The second-order valence-corrected chi connectivity index (χ2v) is 7.96. The monoisotopic (exact) mass is 481 g/mol. The number of hydrogen-bond acceptors (Lipinski definition) is 5. The van der Waals surface area contributed by atoms with Crippen LogP contribution >= 0.6 is 28.1 Å². The van der Waals surface area contributed by atoms with E-state index in [-0.39, 0.29) is 16.8 Å². The van der Waals surface area contributed by atoms with Crippen LogP contribution in [0.4, 0.5) is 5.69 Å². The molecule has 0 aliphatic rings. The number of phenols is 1. The molecule has 1 aromatic heterocycles. The van der Waals surface area contributed by atoms with Crippen molar-refractivity contribution in [3.05, 3.63) is 76.3 Å². The Morgan fingerprint density at radius 2 is 1.97 bits per heavy atom. The number of anilines is 1. The van der Waals surface area contributed by atoms with Crippen molar-refractivity contribution >= 4 is 56.0 Å². The van der Waals surface area contributed by atoms with Gasteiger partial charge in [0.05, 0.1) is 5.56 Å². The minimum atomic E-state index is -0.337. The molecule has 0 atom stereocenters. The number of carbonyl (C=O) groups excluding carboxylic acids is 1. The van der Waals surface area contributed by atoms with Gasteiger partial charge in [0.2, 0.25) is 5.89 Å². The normalized spacial score (nSPS) is 10.7. The number of thiocarbonyl (C=S) groups is 1. The lowest BCUT2D eigenvalue weighted by molar-refractivity contribution is 0.0977. The van der Waals surface area contributed by atoms with E-state index in [1.54, 1.807) is 30.3 Å². The van der Waals surface area contributed by atoms with Crippen LogP contribution in [0.3, 0.4) is 0 Å². The summed E-state index contributed by atoms with van der Waals surface area (Å²) in [6, 6.07) is 17.6. The maximum Gasteiger partial charge on any atom is 0.257 e. The first-order valence-corrected chi connectivity index (χ1v) is 10.2. The van der Waals surface area contributed by atoms with Gasteiger partial charge in [-0.3, -0.25) is 10.1 Å². The van der Waals surface area contributed by atoms with Crippen molar-refractivity contribution in [2.24, 2.45) is 0 Å². The fourth-order valence-electron chi connectivity index (χ4n) is 2.90. The number of aromatic nitrogens is 1. The predicted molar refractivity (Wildman–Crippen MR) is 124 cm³/mol. The van der Waals surface area contributed by atoms with E-state index in [0.29, 0.717) is 33.8 Å². The number of hydrogen-bond donors (Lipinski definition) is 3. The van der Waals surface area contributed by atoms with Gasteiger partial charge in [-0.25, -0.2) is 4.98 Å². The van der Waals surface area contributed by atoms with Crippen LogP contribution in [0.2, 0.25) is 0 Å². The number of aromatic hydroxyl groups is 1. The van der Waals surface area contributed by atoms with Crippen molar-refractivity contribution in [2.45, 2.75) is 6.92 Å². The number of halogens is 1. The summed E-state index contributed by atoms with van der Waals surface area (Å²) in [5.74, 6) is -0.0361. The molecule has 0 saturated heterocycles. The Balaban J connectivity index is 1.48. The summed E-state index contributed by atoms with van der Waals surface area (Å²) in [7, 11) is 0. The van der Waals surface area contributed by atoms with Crippen LogP contribution in [0.1, 0.15) is 15.9 Å². The highest BCUT2D eigenvalue weighted by Crippen LogP contribution is 2.33. The van der Waals surface area contributed by atoms with E-state index < -0.39 is 0 Å². The van der Waals surface area contributed by atoms with Crippen molar-refractivity contribution in [1.29, 1.82) is 0 Å². The molecule has 4 aromatic rings. The Bertz CT molecular complexity index is 1290. The fraction of sp³-hybridized carbons (Fsp3) is 0.0455. The zero-order chi connectivity index (χ0) is 21.3. The summed E-state index contributed by atoms with van der Waals surface area (Å²) in [4.78, 5) is 16.7. The van der Waals surface area contributed by atoms with E-state index >= 15 is 0 Å². The first-order chi connectivity index (χ1) is 14.4. The molecular formula is C22H16BrN3O3S. The molecule has 0 saturated carbocycles. The minimum absolute atomic E-state index is 0.0237. The number of carbonyl (C=O) groups is 1. The van der Waals surface area contributed by atoms with Gasteiger partial charge in [-0.05, 0) is 67.2 Å². The van der Waals surface area contributed by atoms with Crippen LogP contribution < -0.4 is 10.6 Å². The zero-order valence-electron chi connectivity index (χ0n) is 15.8. The van der Waals surface area contributed by atoms with Crippen LogP contribution in [0, 0.1) is 6.92 Å². The molecule has 4 rings (SSSR count). The highest BCUT2D eigenvalue weighted by Gasteiger charge is 2.14. The van der Waals surface area contributed by atoms with Crippen LogP contribution in [-0.4, -0.2) is 21.1 Å². The van der Waals surface area contributed by atoms with Gasteiger partial charge < -0.3 is 14.8 Å². The quantitative estimate of drug-likeness (QED) is 0.339. The number of amides is 1. The molecule has 1 heterocycles. The zero-order valence-corrected chi connectivity index (χ0v) is 18.2. The molecule has 3 N–H and O–H groups in total. The average Bonchev–Trinajstić information content (AvgIpc) is 3.10. The molecule has 0 bridgehead atoms. The van der Waals surface area contributed by atoms with E-state index in [9.17, 15) is 9.90 Å². The Morgan fingerprint density at radius 3 is 2.73 bits per heavy atom. The topological polar surface area (TPSA) is 87.4 Å². The van der Waals surface area contributed by atoms with E-state index in [1.165, 1.54) is 6.07 Å². The molecule has 0 unspecified atom stereocenters. The summed E-state index contributed by atoms with van der Waals surface area (Å²) in [6.45, 7) is 1.97. The number of rotatable bonds is 3. The molecule has 1 amide bonds. The molecule has 30 heavy (non-hydrogen) atoms. The third kappa shape index (κ3) is 4.34. The molecule has 150 valence electrons. The van der Waals surface area contributed by atoms with Gasteiger partial charge in [-0.15, -0.1) is 0 Å². The van der Waals surface area contributed by atoms with E-state index in [0.717, 1.165) is 10.0 Å².